The van der Waals surface area contributed by atoms with Crippen molar-refractivity contribution in [3.63, 3.8) is 0 Å². The van der Waals surface area contributed by atoms with E-state index in [2.05, 4.69) is 26.1 Å². The molecule has 0 aliphatic carbocycles. The Morgan fingerprint density at radius 3 is 3.00 bits per heavy atom. The number of aromatic nitrogens is 3. The number of nitrogens with zero attached hydrogens (tertiary/aromatic N) is 3. The number of rotatable bonds is 1. The van der Waals surface area contributed by atoms with Crippen LogP contribution in [0.2, 0.25) is 0 Å². The molecule has 2 aromatic heterocycles. The average Bonchev–Trinajstić information content (AvgIpc) is 2.77. The van der Waals surface area contributed by atoms with Crippen LogP contribution in [0.25, 0.3) is 11.0 Å². The van der Waals surface area contributed by atoms with Gasteiger partial charge in [-0.25, -0.2) is 0 Å². The van der Waals surface area contributed by atoms with Crippen molar-refractivity contribution in [2.75, 3.05) is 31.2 Å². The number of morpholine rings is 1. The summed E-state index contributed by atoms with van der Waals surface area (Å²) in [5, 5.41) is 9.42. The number of aromatic amines is 1. The molecule has 0 spiro atoms. The van der Waals surface area contributed by atoms with Gasteiger partial charge in [-0.3, -0.25) is 0 Å². The van der Waals surface area contributed by atoms with Crippen LogP contribution in [0.5, 0.6) is 0 Å². The smallest absolute Gasteiger partial charge is 0.160 e. The quantitative estimate of drug-likeness (QED) is 0.746. The molecule has 0 saturated carbocycles. The molecule has 0 unspecified atom stereocenters. The normalized spacial score (nSPS) is 17.2. The monoisotopic (exact) mass is 204 g/mol. The maximum atomic E-state index is 5.30. The summed E-state index contributed by atoms with van der Waals surface area (Å²) in [6, 6.07) is 4.07. The fourth-order valence-electron chi connectivity index (χ4n) is 1.79. The molecule has 78 valence electrons. The predicted octanol–water partition coefficient (Wildman–Crippen LogP) is 0.794. The number of anilines is 1. The zero-order valence-electron chi connectivity index (χ0n) is 8.31. The third-order valence-electron chi connectivity index (χ3n) is 2.63. The number of hydrogen-bond donors (Lipinski definition) is 1. The van der Waals surface area contributed by atoms with Gasteiger partial charge in [-0.15, -0.1) is 10.2 Å². The molecule has 15 heavy (non-hydrogen) atoms. The van der Waals surface area contributed by atoms with Crippen LogP contribution >= 0.6 is 0 Å². The second-order valence-electron chi connectivity index (χ2n) is 3.58. The van der Waals surface area contributed by atoms with Crippen LogP contribution in [0, 0.1) is 0 Å². The maximum absolute atomic E-state index is 5.30. The van der Waals surface area contributed by atoms with Crippen LogP contribution in [-0.4, -0.2) is 41.5 Å². The van der Waals surface area contributed by atoms with E-state index in [1.807, 2.05) is 12.3 Å². The van der Waals surface area contributed by atoms with Crippen LogP contribution in [0.15, 0.2) is 18.3 Å². The average molecular weight is 204 g/mol. The molecule has 3 rings (SSSR count). The molecule has 1 aliphatic heterocycles. The van der Waals surface area contributed by atoms with Crippen molar-refractivity contribution in [3.05, 3.63) is 18.3 Å². The molecule has 0 atom stereocenters. The first-order chi connectivity index (χ1) is 7.43. The lowest BCUT2D eigenvalue weighted by molar-refractivity contribution is 0.122. The van der Waals surface area contributed by atoms with E-state index in [1.54, 1.807) is 0 Å². The summed E-state index contributed by atoms with van der Waals surface area (Å²) < 4.78 is 5.30. The number of H-pyrrole nitrogens is 1. The van der Waals surface area contributed by atoms with Gasteiger partial charge in [0, 0.05) is 24.7 Å². The SMILES string of the molecule is c1cc2cc(N3CCOCC3)nnc2[nH]1. The fraction of sp³-hybridized carbons (Fsp3) is 0.400. The Balaban J connectivity index is 1.95. The van der Waals surface area contributed by atoms with Gasteiger partial charge in [0.05, 0.1) is 13.2 Å². The van der Waals surface area contributed by atoms with Gasteiger partial charge in [0.1, 0.15) is 0 Å². The minimum atomic E-state index is 0.771. The van der Waals surface area contributed by atoms with E-state index in [9.17, 15) is 0 Å². The molecular weight excluding hydrogens is 192 g/mol. The Morgan fingerprint density at radius 2 is 2.13 bits per heavy atom. The molecule has 1 aliphatic rings. The van der Waals surface area contributed by atoms with E-state index in [0.29, 0.717) is 0 Å². The molecule has 2 aromatic rings. The topological polar surface area (TPSA) is 54.0 Å². The van der Waals surface area contributed by atoms with E-state index in [0.717, 1.165) is 43.2 Å². The third-order valence-corrected chi connectivity index (χ3v) is 2.63. The van der Waals surface area contributed by atoms with Crippen molar-refractivity contribution in [2.24, 2.45) is 0 Å². The van der Waals surface area contributed by atoms with Crippen LogP contribution in [0.1, 0.15) is 0 Å². The standard InChI is InChI=1S/C10H12N4O/c1-2-11-10-8(1)7-9(12-13-10)14-3-5-15-6-4-14/h1-2,7H,3-6H2,(H,11,13). The van der Waals surface area contributed by atoms with Crippen LogP contribution in [-0.2, 0) is 4.74 Å². The molecule has 0 radical (unpaired) electrons. The Morgan fingerprint density at radius 1 is 1.27 bits per heavy atom. The number of fused-ring (bicyclic) bond motifs is 1. The molecule has 3 heterocycles. The maximum Gasteiger partial charge on any atom is 0.160 e. The van der Waals surface area contributed by atoms with Gasteiger partial charge in [-0.2, -0.15) is 0 Å². The minimum absolute atomic E-state index is 0.771. The summed E-state index contributed by atoms with van der Waals surface area (Å²) in [5.74, 6) is 0.936. The van der Waals surface area contributed by atoms with Crippen LogP contribution < -0.4 is 4.90 Å². The van der Waals surface area contributed by atoms with E-state index >= 15 is 0 Å². The second kappa shape index (κ2) is 3.51. The molecule has 5 heteroatoms. The Bertz CT molecular complexity index is 461. The summed E-state index contributed by atoms with van der Waals surface area (Å²) >= 11 is 0. The van der Waals surface area contributed by atoms with Gasteiger partial charge in [-0.05, 0) is 12.1 Å². The van der Waals surface area contributed by atoms with E-state index in [4.69, 9.17) is 4.74 Å². The Kier molecular flexibility index (Phi) is 2.03. The molecule has 0 aromatic carbocycles. The van der Waals surface area contributed by atoms with E-state index < -0.39 is 0 Å². The molecule has 0 bridgehead atoms. The highest BCUT2D eigenvalue weighted by atomic mass is 16.5. The summed E-state index contributed by atoms with van der Waals surface area (Å²) in [7, 11) is 0. The molecule has 1 fully saturated rings. The Labute approximate surface area is 87.1 Å². The van der Waals surface area contributed by atoms with Crippen molar-refractivity contribution < 1.29 is 4.74 Å². The number of hydrogen-bond acceptors (Lipinski definition) is 4. The lowest BCUT2D eigenvalue weighted by Crippen LogP contribution is -2.36. The van der Waals surface area contributed by atoms with Crippen molar-refractivity contribution >= 4 is 16.9 Å². The predicted molar refractivity (Wildman–Crippen MR) is 56.9 cm³/mol. The van der Waals surface area contributed by atoms with Gasteiger partial charge in [-0.1, -0.05) is 0 Å². The van der Waals surface area contributed by atoms with Gasteiger partial charge in [0.15, 0.2) is 11.5 Å². The largest absolute Gasteiger partial charge is 0.378 e. The van der Waals surface area contributed by atoms with Crippen LogP contribution in [0.3, 0.4) is 0 Å². The van der Waals surface area contributed by atoms with Crippen molar-refractivity contribution in [2.45, 2.75) is 0 Å². The Hall–Kier alpha value is -1.62. The van der Waals surface area contributed by atoms with Crippen molar-refractivity contribution in [1.82, 2.24) is 15.2 Å². The van der Waals surface area contributed by atoms with Gasteiger partial charge >= 0.3 is 0 Å². The minimum Gasteiger partial charge on any atom is -0.378 e. The molecule has 1 N–H and O–H groups in total. The third kappa shape index (κ3) is 1.55. The van der Waals surface area contributed by atoms with Crippen LogP contribution in [0.4, 0.5) is 5.82 Å². The number of ether oxygens (including phenoxy) is 1. The molecular formula is C10H12N4O. The van der Waals surface area contributed by atoms with Gasteiger partial charge in [0.25, 0.3) is 0 Å². The molecule has 1 saturated heterocycles. The first-order valence-electron chi connectivity index (χ1n) is 5.07. The van der Waals surface area contributed by atoms with Gasteiger partial charge in [0.2, 0.25) is 0 Å². The summed E-state index contributed by atoms with van der Waals surface area (Å²) in [6.07, 6.45) is 1.88. The highest BCUT2D eigenvalue weighted by molar-refractivity contribution is 5.77. The van der Waals surface area contributed by atoms with Crippen molar-refractivity contribution in [3.8, 4) is 0 Å². The second-order valence-corrected chi connectivity index (χ2v) is 3.58. The van der Waals surface area contributed by atoms with Crippen molar-refractivity contribution in [1.29, 1.82) is 0 Å². The van der Waals surface area contributed by atoms with Gasteiger partial charge < -0.3 is 14.6 Å². The first kappa shape index (κ1) is 8.67. The zero-order valence-corrected chi connectivity index (χ0v) is 8.31. The molecule has 5 nitrogen and oxygen atoms in total. The van der Waals surface area contributed by atoms with E-state index in [1.165, 1.54) is 0 Å². The lowest BCUT2D eigenvalue weighted by Gasteiger charge is -2.27. The van der Waals surface area contributed by atoms with E-state index in [-0.39, 0.29) is 0 Å². The highest BCUT2D eigenvalue weighted by Crippen LogP contribution is 2.16. The highest BCUT2D eigenvalue weighted by Gasteiger charge is 2.13. The number of nitrogens with one attached hydrogen (secondary N) is 1. The summed E-state index contributed by atoms with van der Waals surface area (Å²) in [6.45, 7) is 3.33. The summed E-state index contributed by atoms with van der Waals surface area (Å²) in [4.78, 5) is 5.23. The zero-order chi connectivity index (χ0) is 10.1. The molecule has 0 amide bonds. The lowest BCUT2D eigenvalue weighted by atomic mass is 10.3. The summed E-state index contributed by atoms with van der Waals surface area (Å²) in [5.41, 5.74) is 0.840. The fourth-order valence-corrected chi connectivity index (χ4v) is 1.79. The first-order valence-corrected chi connectivity index (χ1v) is 5.07.